The standard InChI is InChI=1S/C13H21BrN2/c1-10-4-5-13(14)8-12(10)9-16(3)11(2)6-7-15/h4-5,8,11H,6-7,9,15H2,1-3H3. The molecule has 2 N–H and O–H groups in total. The Morgan fingerprint density at radius 2 is 2.12 bits per heavy atom. The molecular weight excluding hydrogens is 264 g/mol. The molecule has 0 fully saturated rings. The Labute approximate surface area is 107 Å². The van der Waals surface area contributed by atoms with E-state index in [-0.39, 0.29) is 0 Å². The molecule has 0 aromatic heterocycles. The molecule has 0 bridgehead atoms. The second-order valence-corrected chi connectivity index (χ2v) is 5.33. The summed E-state index contributed by atoms with van der Waals surface area (Å²) >= 11 is 3.52. The Morgan fingerprint density at radius 3 is 2.75 bits per heavy atom. The van der Waals surface area contributed by atoms with Crippen LogP contribution in [0.5, 0.6) is 0 Å². The van der Waals surface area contributed by atoms with Gasteiger partial charge in [0.1, 0.15) is 0 Å². The van der Waals surface area contributed by atoms with Crippen LogP contribution in [0.1, 0.15) is 24.5 Å². The molecule has 1 atom stereocenters. The average Bonchev–Trinajstić information content (AvgIpc) is 2.23. The summed E-state index contributed by atoms with van der Waals surface area (Å²) in [5.41, 5.74) is 8.30. The first kappa shape index (κ1) is 13.7. The minimum atomic E-state index is 0.531. The van der Waals surface area contributed by atoms with E-state index in [1.807, 2.05) is 0 Å². The molecule has 0 amide bonds. The topological polar surface area (TPSA) is 29.3 Å². The molecule has 0 spiro atoms. The highest BCUT2D eigenvalue weighted by molar-refractivity contribution is 9.10. The highest BCUT2D eigenvalue weighted by atomic mass is 79.9. The number of hydrogen-bond donors (Lipinski definition) is 1. The molecule has 0 saturated heterocycles. The molecule has 0 aliphatic carbocycles. The van der Waals surface area contributed by atoms with Crippen LogP contribution in [0.2, 0.25) is 0 Å². The van der Waals surface area contributed by atoms with Gasteiger partial charge in [-0.1, -0.05) is 22.0 Å². The first-order valence-corrected chi connectivity index (χ1v) is 6.49. The van der Waals surface area contributed by atoms with Crippen LogP contribution in [0.4, 0.5) is 0 Å². The van der Waals surface area contributed by atoms with Crippen molar-refractivity contribution in [2.75, 3.05) is 13.6 Å². The number of aryl methyl sites for hydroxylation is 1. The van der Waals surface area contributed by atoms with E-state index in [2.05, 4.69) is 59.9 Å². The van der Waals surface area contributed by atoms with Crippen molar-refractivity contribution in [1.82, 2.24) is 4.90 Å². The van der Waals surface area contributed by atoms with Crippen LogP contribution in [-0.2, 0) is 6.54 Å². The minimum Gasteiger partial charge on any atom is -0.330 e. The van der Waals surface area contributed by atoms with Crippen LogP contribution in [0.3, 0.4) is 0 Å². The zero-order valence-electron chi connectivity index (χ0n) is 10.3. The fourth-order valence-corrected chi connectivity index (χ4v) is 2.10. The number of nitrogens with zero attached hydrogens (tertiary/aromatic N) is 1. The maximum Gasteiger partial charge on any atom is 0.0236 e. The number of rotatable bonds is 5. The molecule has 2 nitrogen and oxygen atoms in total. The minimum absolute atomic E-state index is 0.531. The Kier molecular flexibility index (Phi) is 5.46. The molecule has 1 aromatic carbocycles. The van der Waals surface area contributed by atoms with Crippen LogP contribution in [-0.4, -0.2) is 24.5 Å². The number of nitrogens with two attached hydrogens (primary N) is 1. The normalized spacial score (nSPS) is 13.1. The lowest BCUT2D eigenvalue weighted by molar-refractivity contribution is 0.240. The Bertz CT molecular complexity index is 339. The van der Waals surface area contributed by atoms with Gasteiger partial charge >= 0.3 is 0 Å². The first-order chi connectivity index (χ1) is 7.54. The molecule has 16 heavy (non-hydrogen) atoms. The molecule has 3 heteroatoms. The van der Waals surface area contributed by atoms with Gasteiger partial charge in [0.25, 0.3) is 0 Å². The second-order valence-electron chi connectivity index (χ2n) is 4.41. The Hall–Kier alpha value is -0.380. The molecule has 1 unspecified atom stereocenters. The SMILES string of the molecule is Cc1ccc(Br)cc1CN(C)C(C)CCN. The molecule has 0 aliphatic heterocycles. The zero-order chi connectivity index (χ0) is 12.1. The van der Waals surface area contributed by atoms with Gasteiger partial charge in [0, 0.05) is 17.1 Å². The lowest BCUT2D eigenvalue weighted by atomic mass is 10.1. The van der Waals surface area contributed by atoms with Crippen molar-refractivity contribution in [2.45, 2.75) is 32.9 Å². The predicted octanol–water partition coefficient (Wildman–Crippen LogP) is 2.93. The van der Waals surface area contributed by atoms with Crippen molar-refractivity contribution in [2.24, 2.45) is 5.73 Å². The summed E-state index contributed by atoms with van der Waals surface area (Å²) < 4.78 is 1.15. The molecule has 1 rings (SSSR count). The van der Waals surface area contributed by atoms with Crippen molar-refractivity contribution < 1.29 is 0 Å². The van der Waals surface area contributed by atoms with Crippen LogP contribution < -0.4 is 5.73 Å². The third-order valence-corrected chi connectivity index (χ3v) is 3.56. The summed E-state index contributed by atoms with van der Waals surface area (Å²) in [5.74, 6) is 0. The summed E-state index contributed by atoms with van der Waals surface area (Å²) in [6, 6.07) is 6.97. The summed E-state index contributed by atoms with van der Waals surface area (Å²) in [6.07, 6.45) is 1.05. The predicted molar refractivity (Wildman–Crippen MR) is 73.5 cm³/mol. The molecule has 90 valence electrons. The highest BCUT2D eigenvalue weighted by Gasteiger charge is 2.10. The third-order valence-electron chi connectivity index (χ3n) is 3.07. The molecule has 0 saturated carbocycles. The highest BCUT2D eigenvalue weighted by Crippen LogP contribution is 2.18. The number of hydrogen-bond acceptors (Lipinski definition) is 2. The molecule has 1 aromatic rings. The van der Waals surface area contributed by atoms with Crippen molar-refractivity contribution in [3.05, 3.63) is 33.8 Å². The molecule has 0 heterocycles. The summed E-state index contributed by atoms with van der Waals surface area (Å²) in [7, 11) is 2.15. The van der Waals surface area contributed by atoms with E-state index in [1.165, 1.54) is 11.1 Å². The van der Waals surface area contributed by atoms with Gasteiger partial charge < -0.3 is 5.73 Å². The average molecular weight is 285 g/mol. The van der Waals surface area contributed by atoms with E-state index in [0.717, 1.165) is 24.0 Å². The fourth-order valence-electron chi connectivity index (χ4n) is 1.70. The van der Waals surface area contributed by atoms with E-state index in [0.29, 0.717) is 6.04 Å². The van der Waals surface area contributed by atoms with Gasteiger partial charge in [0.05, 0.1) is 0 Å². The summed E-state index contributed by atoms with van der Waals surface area (Å²) in [6.45, 7) is 6.11. The number of halogens is 1. The third kappa shape index (κ3) is 3.89. The van der Waals surface area contributed by atoms with E-state index >= 15 is 0 Å². The van der Waals surface area contributed by atoms with Crippen LogP contribution in [0, 0.1) is 6.92 Å². The van der Waals surface area contributed by atoms with Gasteiger partial charge in [-0.2, -0.15) is 0 Å². The zero-order valence-corrected chi connectivity index (χ0v) is 11.9. The van der Waals surface area contributed by atoms with Gasteiger partial charge in [0.15, 0.2) is 0 Å². The van der Waals surface area contributed by atoms with Crippen molar-refractivity contribution in [3.63, 3.8) is 0 Å². The summed E-state index contributed by atoms with van der Waals surface area (Å²) in [4.78, 5) is 2.35. The fraction of sp³-hybridized carbons (Fsp3) is 0.538. The van der Waals surface area contributed by atoms with Gasteiger partial charge in [0.2, 0.25) is 0 Å². The smallest absolute Gasteiger partial charge is 0.0236 e. The maximum atomic E-state index is 5.58. The van der Waals surface area contributed by atoms with Crippen molar-refractivity contribution in [1.29, 1.82) is 0 Å². The van der Waals surface area contributed by atoms with Gasteiger partial charge in [-0.25, -0.2) is 0 Å². The lowest BCUT2D eigenvalue weighted by Gasteiger charge is -2.25. The van der Waals surface area contributed by atoms with E-state index in [1.54, 1.807) is 0 Å². The van der Waals surface area contributed by atoms with Gasteiger partial charge in [-0.05, 0) is 57.1 Å². The largest absolute Gasteiger partial charge is 0.330 e. The van der Waals surface area contributed by atoms with Crippen LogP contribution >= 0.6 is 15.9 Å². The quantitative estimate of drug-likeness (QED) is 0.901. The molecular formula is C13H21BrN2. The van der Waals surface area contributed by atoms with Crippen molar-refractivity contribution in [3.8, 4) is 0 Å². The van der Waals surface area contributed by atoms with Crippen LogP contribution in [0.15, 0.2) is 22.7 Å². The maximum absolute atomic E-state index is 5.58. The number of benzene rings is 1. The first-order valence-electron chi connectivity index (χ1n) is 5.70. The Morgan fingerprint density at radius 1 is 1.44 bits per heavy atom. The molecule has 0 radical (unpaired) electrons. The van der Waals surface area contributed by atoms with E-state index in [9.17, 15) is 0 Å². The van der Waals surface area contributed by atoms with Crippen LogP contribution in [0.25, 0.3) is 0 Å². The van der Waals surface area contributed by atoms with E-state index in [4.69, 9.17) is 5.73 Å². The summed E-state index contributed by atoms with van der Waals surface area (Å²) in [5, 5.41) is 0. The van der Waals surface area contributed by atoms with Gasteiger partial charge in [-0.15, -0.1) is 0 Å². The van der Waals surface area contributed by atoms with Gasteiger partial charge in [-0.3, -0.25) is 4.90 Å². The molecule has 0 aliphatic rings. The lowest BCUT2D eigenvalue weighted by Crippen LogP contribution is -2.30. The second kappa shape index (κ2) is 6.38. The van der Waals surface area contributed by atoms with E-state index < -0.39 is 0 Å². The monoisotopic (exact) mass is 284 g/mol. The Balaban J connectivity index is 2.68. The van der Waals surface area contributed by atoms with Crippen molar-refractivity contribution >= 4 is 15.9 Å².